The summed E-state index contributed by atoms with van der Waals surface area (Å²) < 4.78 is 24.7. The van der Waals surface area contributed by atoms with E-state index in [0.29, 0.717) is 18.5 Å². The van der Waals surface area contributed by atoms with Crippen molar-refractivity contribution in [1.82, 2.24) is 9.29 Å². The first-order valence-electron chi connectivity index (χ1n) is 5.52. The molecule has 0 saturated carbocycles. The SMILES string of the molecule is CC(O)(CN1CCCS1(=O)=O)c1ccncc1. The second kappa shape index (κ2) is 4.36. The van der Waals surface area contributed by atoms with Crippen molar-refractivity contribution in [2.75, 3.05) is 18.8 Å². The molecule has 1 aromatic heterocycles. The number of nitrogens with zero attached hydrogens (tertiary/aromatic N) is 2. The molecule has 0 amide bonds. The standard InChI is InChI=1S/C11H16N2O3S/c1-11(14,10-3-5-12-6-4-10)9-13-7-2-8-17(13,15)16/h3-6,14H,2,7-9H2,1H3. The zero-order valence-electron chi connectivity index (χ0n) is 9.70. The first kappa shape index (κ1) is 12.5. The highest BCUT2D eigenvalue weighted by molar-refractivity contribution is 7.89. The van der Waals surface area contributed by atoms with E-state index in [1.165, 1.54) is 4.31 Å². The smallest absolute Gasteiger partial charge is 0.214 e. The molecule has 2 heterocycles. The average Bonchev–Trinajstić information content (AvgIpc) is 2.59. The summed E-state index contributed by atoms with van der Waals surface area (Å²) in [6.45, 7) is 2.21. The van der Waals surface area contributed by atoms with Crippen LogP contribution in [0.25, 0.3) is 0 Å². The first-order valence-corrected chi connectivity index (χ1v) is 7.13. The van der Waals surface area contributed by atoms with Crippen LogP contribution >= 0.6 is 0 Å². The van der Waals surface area contributed by atoms with Gasteiger partial charge in [0, 0.05) is 25.5 Å². The first-order chi connectivity index (χ1) is 7.92. The Morgan fingerprint density at radius 3 is 2.65 bits per heavy atom. The van der Waals surface area contributed by atoms with Crippen molar-refractivity contribution in [1.29, 1.82) is 0 Å². The monoisotopic (exact) mass is 256 g/mol. The Balaban J connectivity index is 2.18. The van der Waals surface area contributed by atoms with Crippen LogP contribution in [0.2, 0.25) is 0 Å². The molecule has 1 atom stereocenters. The van der Waals surface area contributed by atoms with E-state index in [1.807, 2.05) is 0 Å². The van der Waals surface area contributed by atoms with Crippen molar-refractivity contribution >= 4 is 10.0 Å². The lowest BCUT2D eigenvalue weighted by Gasteiger charge is -2.28. The van der Waals surface area contributed by atoms with Gasteiger partial charge in [0.1, 0.15) is 5.60 Å². The van der Waals surface area contributed by atoms with Gasteiger partial charge >= 0.3 is 0 Å². The van der Waals surface area contributed by atoms with E-state index >= 15 is 0 Å². The fourth-order valence-electron chi connectivity index (χ4n) is 2.01. The number of β-amino-alcohol motifs (C(OH)–C–C–N with tert-alkyl or cyclic N) is 1. The lowest BCUT2D eigenvalue weighted by atomic mass is 9.97. The van der Waals surface area contributed by atoms with E-state index in [1.54, 1.807) is 31.5 Å². The lowest BCUT2D eigenvalue weighted by molar-refractivity contribution is 0.0387. The van der Waals surface area contributed by atoms with Crippen LogP contribution in [0.1, 0.15) is 18.9 Å². The summed E-state index contributed by atoms with van der Waals surface area (Å²) in [5.41, 5.74) is -0.505. The van der Waals surface area contributed by atoms with Crippen LogP contribution in [0, 0.1) is 0 Å². The molecule has 2 rings (SSSR count). The molecule has 94 valence electrons. The summed E-state index contributed by atoms with van der Waals surface area (Å²) in [6.07, 6.45) is 3.80. The van der Waals surface area contributed by atoms with E-state index in [9.17, 15) is 13.5 Å². The third-order valence-corrected chi connectivity index (χ3v) is 4.89. The minimum Gasteiger partial charge on any atom is -0.384 e. The summed E-state index contributed by atoms with van der Waals surface area (Å²) in [7, 11) is -3.17. The molecule has 1 saturated heterocycles. The Hall–Kier alpha value is -0.980. The predicted octanol–water partition coefficient (Wildman–Crippen LogP) is 0.325. The molecule has 0 spiro atoms. The highest BCUT2D eigenvalue weighted by atomic mass is 32.2. The Labute approximate surface area is 101 Å². The van der Waals surface area contributed by atoms with E-state index < -0.39 is 15.6 Å². The Morgan fingerprint density at radius 2 is 2.12 bits per heavy atom. The average molecular weight is 256 g/mol. The second-order valence-electron chi connectivity index (χ2n) is 4.51. The van der Waals surface area contributed by atoms with Gasteiger partial charge in [0.05, 0.1) is 5.75 Å². The van der Waals surface area contributed by atoms with E-state index in [4.69, 9.17) is 0 Å². The van der Waals surface area contributed by atoms with Gasteiger partial charge < -0.3 is 5.11 Å². The van der Waals surface area contributed by atoms with E-state index in [-0.39, 0.29) is 12.3 Å². The fourth-order valence-corrected chi connectivity index (χ4v) is 3.62. The number of aliphatic hydroxyl groups is 1. The predicted molar refractivity (Wildman–Crippen MR) is 63.8 cm³/mol. The molecule has 0 aromatic carbocycles. The molecule has 0 aliphatic carbocycles. The molecule has 6 heteroatoms. The molecule has 1 aromatic rings. The molecule has 1 unspecified atom stereocenters. The molecule has 1 aliphatic rings. The molecule has 5 nitrogen and oxygen atoms in total. The molecule has 1 N–H and O–H groups in total. The molecular formula is C11H16N2O3S. The highest BCUT2D eigenvalue weighted by Gasteiger charge is 2.35. The summed E-state index contributed by atoms with van der Waals surface area (Å²) >= 11 is 0. The quantitative estimate of drug-likeness (QED) is 0.845. The summed E-state index contributed by atoms with van der Waals surface area (Å²) in [4.78, 5) is 3.88. The molecule has 1 aliphatic heterocycles. The van der Waals surface area contributed by atoms with Gasteiger partial charge in [-0.3, -0.25) is 4.98 Å². The van der Waals surface area contributed by atoms with Gasteiger partial charge in [0.2, 0.25) is 10.0 Å². The topological polar surface area (TPSA) is 70.5 Å². The Kier molecular flexibility index (Phi) is 3.20. The highest BCUT2D eigenvalue weighted by Crippen LogP contribution is 2.24. The van der Waals surface area contributed by atoms with Gasteiger partial charge in [-0.25, -0.2) is 8.42 Å². The third kappa shape index (κ3) is 2.65. The Bertz CT molecular complexity index is 485. The van der Waals surface area contributed by atoms with Crippen LogP contribution in [0.5, 0.6) is 0 Å². The van der Waals surface area contributed by atoms with Gasteiger partial charge in [-0.2, -0.15) is 4.31 Å². The number of rotatable bonds is 3. The van der Waals surface area contributed by atoms with Crippen molar-refractivity contribution in [2.45, 2.75) is 18.9 Å². The van der Waals surface area contributed by atoms with Crippen molar-refractivity contribution in [2.24, 2.45) is 0 Å². The maximum Gasteiger partial charge on any atom is 0.214 e. The van der Waals surface area contributed by atoms with E-state index in [0.717, 1.165) is 0 Å². The van der Waals surface area contributed by atoms with Gasteiger partial charge in [-0.05, 0) is 31.0 Å². The minimum absolute atomic E-state index is 0.0966. The normalized spacial score (nSPS) is 23.4. The second-order valence-corrected chi connectivity index (χ2v) is 6.60. The van der Waals surface area contributed by atoms with Crippen molar-refractivity contribution < 1.29 is 13.5 Å². The van der Waals surface area contributed by atoms with Crippen LogP contribution in [0.3, 0.4) is 0 Å². The molecule has 17 heavy (non-hydrogen) atoms. The Morgan fingerprint density at radius 1 is 1.47 bits per heavy atom. The van der Waals surface area contributed by atoms with Crippen LogP contribution < -0.4 is 0 Å². The van der Waals surface area contributed by atoms with Gasteiger partial charge in [0.15, 0.2) is 0 Å². The zero-order chi connectivity index (χ0) is 12.5. The maximum absolute atomic E-state index is 11.7. The number of sulfonamides is 1. The number of hydrogen-bond donors (Lipinski definition) is 1. The molecular weight excluding hydrogens is 240 g/mol. The number of aromatic nitrogens is 1. The summed E-state index contributed by atoms with van der Waals surface area (Å²) in [5, 5.41) is 10.3. The number of pyridine rings is 1. The third-order valence-electron chi connectivity index (χ3n) is 2.99. The lowest BCUT2D eigenvalue weighted by Crippen LogP contribution is -2.39. The zero-order valence-corrected chi connectivity index (χ0v) is 10.5. The van der Waals surface area contributed by atoms with Crippen molar-refractivity contribution in [3.05, 3.63) is 30.1 Å². The maximum atomic E-state index is 11.7. The van der Waals surface area contributed by atoms with Crippen LogP contribution in [-0.2, 0) is 15.6 Å². The largest absolute Gasteiger partial charge is 0.384 e. The summed E-state index contributed by atoms with van der Waals surface area (Å²) in [5.74, 6) is 0.180. The van der Waals surface area contributed by atoms with Crippen LogP contribution in [0.4, 0.5) is 0 Å². The molecule has 0 bridgehead atoms. The van der Waals surface area contributed by atoms with Gasteiger partial charge in [-0.15, -0.1) is 0 Å². The fraction of sp³-hybridized carbons (Fsp3) is 0.545. The minimum atomic E-state index is -3.17. The van der Waals surface area contributed by atoms with E-state index in [2.05, 4.69) is 4.98 Å². The number of hydrogen-bond acceptors (Lipinski definition) is 4. The molecule has 1 fully saturated rings. The van der Waals surface area contributed by atoms with Crippen molar-refractivity contribution in [3.63, 3.8) is 0 Å². The van der Waals surface area contributed by atoms with Crippen LogP contribution in [-0.4, -0.2) is 41.7 Å². The van der Waals surface area contributed by atoms with Crippen LogP contribution in [0.15, 0.2) is 24.5 Å². The molecule has 0 radical (unpaired) electrons. The summed E-state index contributed by atoms with van der Waals surface area (Å²) in [6, 6.07) is 3.39. The van der Waals surface area contributed by atoms with Gasteiger partial charge in [0.25, 0.3) is 0 Å². The van der Waals surface area contributed by atoms with Gasteiger partial charge in [-0.1, -0.05) is 0 Å². The van der Waals surface area contributed by atoms with Crippen molar-refractivity contribution in [3.8, 4) is 0 Å².